The second-order valence-corrected chi connectivity index (χ2v) is 5.36. The topological polar surface area (TPSA) is 67.4 Å². The SMILES string of the molecule is O=C1NC(=O)C(=Cc2cc(Cl)ccc2OCc2ccccc2)N1. The summed E-state index contributed by atoms with van der Waals surface area (Å²) in [5.74, 6) is 0.0867. The Morgan fingerprint density at radius 2 is 1.83 bits per heavy atom. The summed E-state index contributed by atoms with van der Waals surface area (Å²) in [5.41, 5.74) is 1.79. The predicted octanol–water partition coefficient (Wildman–Crippen LogP) is 3.10. The summed E-state index contributed by atoms with van der Waals surface area (Å²) in [6.45, 7) is 0.386. The molecule has 1 aliphatic heterocycles. The molecule has 3 rings (SSSR count). The van der Waals surface area contributed by atoms with E-state index in [2.05, 4.69) is 10.6 Å². The van der Waals surface area contributed by atoms with E-state index in [1.54, 1.807) is 18.2 Å². The van der Waals surface area contributed by atoms with Crippen molar-refractivity contribution in [2.75, 3.05) is 0 Å². The van der Waals surface area contributed by atoms with Crippen LogP contribution in [0.5, 0.6) is 5.75 Å². The average Bonchev–Trinajstić information content (AvgIpc) is 2.85. The molecule has 0 aliphatic carbocycles. The molecule has 2 aromatic rings. The molecule has 0 bridgehead atoms. The summed E-state index contributed by atoms with van der Waals surface area (Å²) in [6.07, 6.45) is 1.53. The molecule has 2 aromatic carbocycles. The number of imide groups is 1. The highest BCUT2D eigenvalue weighted by Crippen LogP contribution is 2.26. The average molecular weight is 329 g/mol. The minimum Gasteiger partial charge on any atom is -0.488 e. The minimum atomic E-state index is -0.546. The second kappa shape index (κ2) is 6.54. The normalized spacial score (nSPS) is 15.4. The smallest absolute Gasteiger partial charge is 0.326 e. The van der Waals surface area contributed by atoms with Crippen LogP contribution in [0.15, 0.2) is 54.2 Å². The lowest BCUT2D eigenvalue weighted by Gasteiger charge is -2.10. The van der Waals surface area contributed by atoms with Crippen molar-refractivity contribution in [1.29, 1.82) is 0 Å². The van der Waals surface area contributed by atoms with Crippen LogP contribution in [0, 0.1) is 0 Å². The molecule has 23 heavy (non-hydrogen) atoms. The molecule has 0 spiro atoms. The molecular formula is C17H13ClN2O3. The van der Waals surface area contributed by atoms with Crippen molar-refractivity contribution in [2.45, 2.75) is 6.61 Å². The molecule has 2 N–H and O–H groups in total. The first-order valence-corrected chi connectivity index (χ1v) is 7.30. The van der Waals surface area contributed by atoms with Crippen molar-refractivity contribution in [3.8, 4) is 5.75 Å². The maximum Gasteiger partial charge on any atom is 0.326 e. The van der Waals surface area contributed by atoms with Crippen molar-refractivity contribution in [3.05, 3.63) is 70.4 Å². The fourth-order valence-electron chi connectivity index (χ4n) is 2.14. The number of hydrogen-bond donors (Lipinski definition) is 2. The summed E-state index contributed by atoms with van der Waals surface area (Å²) in [6, 6.07) is 14.3. The molecule has 116 valence electrons. The molecule has 1 aliphatic rings. The molecule has 1 saturated heterocycles. The van der Waals surface area contributed by atoms with Gasteiger partial charge < -0.3 is 10.1 Å². The molecule has 0 saturated carbocycles. The van der Waals surface area contributed by atoms with Crippen molar-refractivity contribution in [1.82, 2.24) is 10.6 Å². The number of rotatable bonds is 4. The van der Waals surface area contributed by atoms with Crippen LogP contribution in [0.3, 0.4) is 0 Å². The number of amides is 3. The molecule has 0 unspecified atom stereocenters. The van der Waals surface area contributed by atoms with Crippen LogP contribution in [-0.4, -0.2) is 11.9 Å². The second-order valence-electron chi connectivity index (χ2n) is 4.92. The Bertz CT molecular complexity index is 788. The first-order valence-electron chi connectivity index (χ1n) is 6.92. The lowest BCUT2D eigenvalue weighted by molar-refractivity contribution is -0.115. The van der Waals surface area contributed by atoms with Gasteiger partial charge in [-0.25, -0.2) is 4.79 Å². The molecule has 5 nitrogen and oxygen atoms in total. The van der Waals surface area contributed by atoms with E-state index in [0.717, 1.165) is 5.56 Å². The summed E-state index contributed by atoms with van der Waals surface area (Å²) in [5, 5.41) is 5.09. The molecule has 6 heteroatoms. The molecule has 0 atom stereocenters. The number of ether oxygens (including phenoxy) is 1. The van der Waals surface area contributed by atoms with E-state index >= 15 is 0 Å². The van der Waals surface area contributed by atoms with Crippen molar-refractivity contribution in [2.24, 2.45) is 0 Å². The van der Waals surface area contributed by atoms with Gasteiger partial charge in [0.2, 0.25) is 0 Å². The molecule has 3 amide bonds. The van der Waals surface area contributed by atoms with Crippen LogP contribution in [0.4, 0.5) is 4.79 Å². The fourth-order valence-corrected chi connectivity index (χ4v) is 2.32. The van der Waals surface area contributed by atoms with E-state index in [1.165, 1.54) is 6.08 Å². The van der Waals surface area contributed by atoms with E-state index in [1.807, 2.05) is 30.3 Å². The Kier molecular flexibility index (Phi) is 4.30. The van der Waals surface area contributed by atoms with Gasteiger partial charge in [0.25, 0.3) is 5.91 Å². The number of carbonyl (C=O) groups is 2. The Morgan fingerprint density at radius 1 is 1.04 bits per heavy atom. The summed E-state index contributed by atoms with van der Waals surface area (Å²) in [4.78, 5) is 22.8. The lowest BCUT2D eigenvalue weighted by Crippen LogP contribution is -2.22. The summed E-state index contributed by atoms with van der Waals surface area (Å²) >= 11 is 6.01. The minimum absolute atomic E-state index is 0.154. The lowest BCUT2D eigenvalue weighted by atomic mass is 10.1. The number of hydrogen-bond acceptors (Lipinski definition) is 3. The van der Waals surface area contributed by atoms with Gasteiger partial charge in [0.1, 0.15) is 18.1 Å². The zero-order valence-electron chi connectivity index (χ0n) is 12.0. The Labute approximate surface area is 137 Å². The van der Waals surface area contributed by atoms with Gasteiger partial charge in [0.15, 0.2) is 0 Å². The van der Waals surface area contributed by atoms with Gasteiger partial charge >= 0.3 is 6.03 Å². The summed E-state index contributed by atoms with van der Waals surface area (Å²) < 4.78 is 5.80. The number of benzene rings is 2. The highest BCUT2D eigenvalue weighted by molar-refractivity contribution is 6.30. The van der Waals surface area contributed by atoms with Gasteiger partial charge in [-0.15, -0.1) is 0 Å². The molecule has 1 heterocycles. The van der Waals surface area contributed by atoms with Crippen molar-refractivity contribution < 1.29 is 14.3 Å². The Hall–Kier alpha value is -2.79. The van der Waals surface area contributed by atoms with Crippen LogP contribution >= 0.6 is 11.6 Å². The maximum absolute atomic E-state index is 11.6. The van der Waals surface area contributed by atoms with Crippen LogP contribution in [0.1, 0.15) is 11.1 Å². The highest BCUT2D eigenvalue weighted by atomic mass is 35.5. The number of nitrogens with one attached hydrogen (secondary N) is 2. The van der Waals surface area contributed by atoms with Crippen molar-refractivity contribution in [3.63, 3.8) is 0 Å². The van der Waals surface area contributed by atoms with E-state index in [0.29, 0.717) is 22.9 Å². The van der Waals surface area contributed by atoms with Gasteiger partial charge in [-0.3, -0.25) is 10.1 Å². The fraction of sp³-hybridized carbons (Fsp3) is 0.0588. The largest absolute Gasteiger partial charge is 0.488 e. The Balaban J connectivity index is 1.85. The van der Waals surface area contributed by atoms with E-state index in [4.69, 9.17) is 16.3 Å². The van der Waals surface area contributed by atoms with Crippen LogP contribution < -0.4 is 15.4 Å². The van der Waals surface area contributed by atoms with Crippen LogP contribution in [0.25, 0.3) is 6.08 Å². The first-order chi connectivity index (χ1) is 11.1. The number of urea groups is 1. The van der Waals surface area contributed by atoms with Gasteiger partial charge in [-0.1, -0.05) is 41.9 Å². The highest BCUT2D eigenvalue weighted by Gasteiger charge is 2.23. The summed E-state index contributed by atoms with van der Waals surface area (Å²) in [7, 11) is 0. The predicted molar refractivity (Wildman–Crippen MR) is 86.9 cm³/mol. The van der Waals surface area contributed by atoms with Gasteiger partial charge in [0, 0.05) is 10.6 Å². The molecule has 0 aromatic heterocycles. The quantitative estimate of drug-likeness (QED) is 0.669. The zero-order valence-corrected chi connectivity index (χ0v) is 12.8. The van der Waals surface area contributed by atoms with Crippen molar-refractivity contribution >= 4 is 29.6 Å². The van der Waals surface area contributed by atoms with E-state index in [9.17, 15) is 9.59 Å². The van der Waals surface area contributed by atoms with Gasteiger partial charge in [0.05, 0.1) is 0 Å². The molecule has 0 radical (unpaired) electrons. The molecule has 1 fully saturated rings. The number of carbonyl (C=O) groups excluding carboxylic acids is 2. The van der Waals surface area contributed by atoms with E-state index in [-0.39, 0.29) is 5.70 Å². The van der Waals surface area contributed by atoms with Crippen LogP contribution in [-0.2, 0) is 11.4 Å². The first kappa shape index (κ1) is 15.1. The van der Waals surface area contributed by atoms with E-state index < -0.39 is 11.9 Å². The molecular weight excluding hydrogens is 316 g/mol. The Morgan fingerprint density at radius 3 is 2.52 bits per heavy atom. The van der Waals surface area contributed by atoms with Gasteiger partial charge in [-0.2, -0.15) is 0 Å². The monoisotopic (exact) mass is 328 g/mol. The number of halogens is 1. The third-order valence-corrected chi connectivity index (χ3v) is 3.46. The van der Waals surface area contributed by atoms with Crippen LogP contribution in [0.2, 0.25) is 5.02 Å². The third kappa shape index (κ3) is 3.70. The zero-order chi connectivity index (χ0) is 16.2. The third-order valence-electron chi connectivity index (χ3n) is 3.23. The van der Waals surface area contributed by atoms with Gasteiger partial charge in [-0.05, 0) is 29.8 Å². The maximum atomic E-state index is 11.6. The standard InChI is InChI=1S/C17H13ClN2O3/c18-13-6-7-15(23-10-11-4-2-1-3-5-11)12(8-13)9-14-16(21)20-17(22)19-14/h1-9H,10H2,(H2,19,20,21,22).